The Balaban J connectivity index is 2.97. The molecule has 66 valence electrons. The van der Waals surface area contributed by atoms with Crippen molar-refractivity contribution in [2.24, 2.45) is 0 Å². The second-order valence-corrected chi connectivity index (χ2v) is 4.04. The van der Waals surface area contributed by atoms with Gasteiger partial charge in [-0.25, -0.2) is 0 Å². The molecular weight excluding hydrogens is 206 g/mol. The van der Waals surface area contributed by atoms with Gasteiger partial charge in [-0.05, 0) is 24.4 Å². The van der Waals surface area contributed by atoms with E-state index in [4.69, 9.17) is 34.8 Å². The van der Waals surface area contributed by atoms with Gasteiger partial charge in [-0.2, -0.15) is 0 Å². The average Bonchev–Trinajstić information content (AvgIpc) is 1.85. The Morgan fingerprint density at radius 2 is 1.82 bits per heavy atom. The molecule has 0 fully saturated rings. The van der Waals surface area contributed by atoms with Crippen molar-refractivity contribution in [3.63, 3.8) is 0 Å². The van der Waals surface area contributed by atoms with Crippen molar-refractivity contribution in [3.8, 4) is 0 Å². The topological polar surface area (TPSA) is 17.1 Å². The van der Waals surface area contributed by atoms with Crippen LogP contribution in [0.15, 0.2) is 0 Å². The van der Waals surface area contributed by atoms with Crippen LogP contribution in [0.25, 0.3) is 0 Å². The summed E-state index contributed by atoms with van der Waals surface area (Å²) in [5.74, 6) is 0. The Labute approximate surface area is 82.0 Å². The molecule has 0 aliphatic rings. The Morgan fingerprint density at radius 1 is 1.18 bits per heavy atom. The first-order valence-electron chi connectivity index (χ1n) is 3.59. The minimum Gasteiger partial charge on any atom is -0.281 e. The number of carbonyl (C=O) groups excluding carboxylic acids is 1. The maximum absolute atomic E-state index is 10.3. The van der Waals surface area contributed by atoms with E-state index in [2.05, 4.69) is 0 Å². The quantitative estimate of drug-likeness (QED) is 0.378. The molecule has 0 aromatic carbocycles. The van der Waals surface area contributed by atoms with Crippen molar-refractivity contribution in [1.29, 1.82) is 0 Å². The number of alkyl halides is 2. The van der Waals surface area contributed by atoms with Crippen molar-refractivity contribution in [3.05, 3.63) is 0 Å². The van der Waals surface area contributed by atoms with Crippen LogP contribution in [0, 0.1) is 0 Å². The molecule has 0 aromatic rings. The number of rotatable bonds is 6. The van der Waals surface area contributed by atoms with Gasteiger partial charge in [0.05, 0.1) is 0 Å². The molecule has 4 heteroatoms. The molecule has 0 rings (SSSR count). The maximum atomic E-state index is 10.3. The van der Waals surface area contributed by atoms with Gasteiger partial charge in [0.2, 0.25) is 5.24 Å². The molecular formula is C7H11Cl3O. The van der Waals surface area contributed by atoms with E-state index in [1.165, 1.54) is 0 Å². The second kappa shape index (κ2) is 7.20. The molecule has 0 heterocycles. The molecule has 0 radical (unpaired) electrons. The van der Waals surface area contributed by atoms with Gasteiger partial charge in [-0.3, -0.25) is 4.79 Å². The monoisotopic (exact) mass is 216 g/mol. The molecule has 0 spiro atoms. The molecule has 0 aromatic heterocycles. The second-order valence-electron chi connectivity index (χ2n) is 2.35. The predicted molar refractivity (Wildman–Crippen MR) is 49.4 cm³/mol. The van der Waals surface area contributed by atoms with E-state index in [0.29, 0.717) is 6.42 Å². The smallest absolute Gasteiger partial charge is 0.221 e. The fourth-order valence-electron chi connectivity index (χ4n) is 0.739. The lowest BCUT2D eigenvalue weighted by atomic mass is 10.2. The summed E-state index contributed by atoms with van der Waals surface area (Å²) in [5, 5.41) is -0.265. The third-order valence-corrected chi connectivity index (χ3v) is 1.92. The van der Waals surface area contributed by atoms with E-state index in [1.807, 2.05) is 0 Å². The number of carbonyl (C=O) groups is 1. The van der Waals surface area contributed by atoms with Gasteiger partial charge in [0.25, 0.3) is 0 Å². The molecule has 0 atom stereocenters. The van der Waals surface area contributed by atoms with Gasteiger partial charge in [-0.15, -0.1) is 23.2 Å². The maximum Gasteiger partial charge on any atom is 0.221 e. The van der Waals surface area contributed by atoms with Crippen LogP contribution in [0.1, 0.15) is 32.1 Å². The van der Waals surface area contributed by atoms with Crippen LogP contribution in [-0.2, 0) is 4.79 Å². The van der Waals surface area contributed by atoms with Gasteiger partial charge < -0.3 is 0 Å². The summed E-state index contributed by atoms with van der Waals surface area (Å²) in [4.78, 5) is 9.98. The van der Waals surface area contributed by atoms with Crippen molar-refractivity contribution in [2.45, 2.75) is 36.9 Å². The summed E-state index contributed by atoms with van der Waals surface area (Å²) in [5.41, 5.74) is 0. The Hall–Kier alpha value is 0.540. The molecule has 0 amide bonds. The zero-order valence-electron chi connectivity index (χ0n) is 6.16. The van der Waals surface area contributed by atoms with Gasteiger partial charge in [0.1, 0.15) is 4.84 Å². The summed E-state index contributed by atoms with van der Waals surface area (Å²) in [6.45, 7) is 0. The highest BCUT2D eigenvalue weighted by atomic mass is 35.5. The summed E-state index contributed by atoms with van der Waals surface area (Å²) in [6, 6.07) is 0. The highest BCUT2D eigenvalue weighted by Gasteiger charge is 1.99. The van der Waals surface area contributed by atoms with Crippen LogP contribution < -0.4 is 0 Å². The number of unbranched alkanes of at least 4 members (excludes halogenated alkanes) is 2. The van der Waals surface area contributed by atoms with E-state index in [-0.39, 0.29) is 10.1 Å². The molecule has 0 saturated carbocycles. The van der Waals surface area contributed by atoms with Crippen LogP contribution in [0.2, 0.25) is 0 Å². The zero-order chi connectivity index (χ0) is 8.69. The molecule has 0 saturated heterocycles. The van der Waals surface area contributed by atoms with Crippen LogP contribution in [0.4, 0.5) is 0 Å². The Bertz CT molecular complexity index is 114. The fraction of sp³-hybridized carbons (Fsp3) is 0.857. The zero-order valence-corrected chi connectivity index (χ0v) is 8.42. The summed E-state index contributed by atoms with van der Waals surface area (Å²) in [6.07, 6.45) is 4.01. The van der Waals surface area contributed by atoms with E-state index in [9.17, 15) is 4.79 Å². The lowest BCUT2D eigenvalue weighted by Crippen LogP contribution is -1.89. The third-order valence-electron chi connectivity index (χ3n) is 1.30. The molecule has 0 bridgehead atoms. The largest absolute Gasteiger partial charge is 0.281 e. The Kier molecular flexibility index (Phi) is 7.56. The fourth-order valence-corrected chi connectivity index (χ4v) is 1.18. The lowest BCUT2D eigenvalue weighted by molar-refractivity contribution is -0.111. The molecule has 0 aliphatic carbocycles. The molecule has 1 nitrogen and oxygen atoms in total. The van der Waals surface area contributed by atoms with E-state index in [0.717, 1.165) is 25.7 Å². The predicted octanol–water partition coefficient (Wildman–Crippen LogP) is 3.51. The SMILES string of the molecule is O=C(Cl)CCCCCC(Cl)Cl. The van der Waals surface area contributed by atoms with Crippen LogP contribution in [-0.4, -0.2) is 10.1 Å². The third kappa shape index (κ3) is 10.5. The first-order valence-corrected chi connectivity index (χ1v) is 4.84. The minimum absolute atomic E-state index is 0.265. The van der Waals surface area contributed by atoms with Gasteiger partial charge in [0, 0.05) is 6.42 Å². The van der Waals surface area contributed by atoms with Crippen molar-refractivity contribution < 1.29 is 4.79 Å². The van der Waals surface area contributed by atoms with Gasteiger partial charge in [-0.1, -0.05) is 12.8 Å². The normalized spacial score (nSPS) is 10.5. The number of hydrogen-bond donors (Lipinski definition) is 0. The molecule has 0 N–H and O–H groups in total. The molecule has 11 heavy (non-hydrogen) atoms. The van der Waals surface area contributed by atoms with E-state index >= 15 is 0 Å². The van der Waals surface area contributed by atoms with Crippen LogP contribution in [0.3, 0.4) is 0 Å². The van der Waals surface area contributed by atoms with E-state index in [1.54, 1.807) is 0 Å². The van der Waals surface area contributed by atoms with Crippen molar-refractivity contribution >= 4 is 40.0 Å². The minimum atomic E-state index is -0.276. The van der Waals surface area contributed by atoms with Gasteiger partial charge in [0.15, 0.2) is 0 Å². The van der Waals surface area contributed by atoms with Crippen molar-refractivity contribution in [2.75, 3.05) is 0 Å². The molecule has 0 unspecified atom stereocenters. The number of halogens is 3. The summed E-state index contributed by atoms with van der Waals surface area (Å²) >= 11 is 16.1. The highest BCUT2D eigenvalue weighted by Crippen LogP contribution is 2.13. The molecule has 0 aliphatic heterocycles. The lowest BCUT2D eigenvalue weighted by Gasteiger charge is -1.99. The number of hydrogen-bond acceptors (Lipinski definition) is 1. The van der Waals surface area contributed by atoms with E-state index < -0.39 is 0 Å². The first-order chi connectivity index (χ1) is 5.13. The summed E-state index contributed by atoms with van der Waals surface area (Å²) in [7, 11) is 0. The van der Waals surface area contributed by atoms with Crippen LogP contribution >= 0.6 is 34.8 Å². The Morgan fingerprint density at radius 3 is 2.27 bits per heavy atom. The standard InChI is InChI=1S/C7H11Cl3O/c8-6(9)4-2-1-3-5-7(10)11/h6H,1-5H2. The highest BCUT2D eigenvalue weighted by molar-refractivity contribution is 6.63. The average molecular weight is 218 g/mol. The van der Waals surface area contributed by atoms with Crippen LogP contribution in [0.5, 0.6) is 0 Å². The van der Waals surface area contributed by atoms with Crippen molar-refractivity contribution in [1.82, 2.24) is 0 Å². The van der Waals surface area contributed by atoms with Gasteiger partial charge >= 0.3 is 0 Å². The summed E-state index contributed by atoms with van der Waals surface area (Å²) < 4.78 is 0. The first kappa shape index (κ1) is 11.5.